The predicted molar refractivity (Wildman–Crippen MR) is 186 cm³/mol. The highest BCUT2D eigenvalue weighted by Crippen LogP contribution is 2.44. The Labute approximate surface area is 288 Å². The molecule has 0 spiro atoms. The molecule has 2 aliphatic heterocycles. The smallest absolute Gasteiger partial charge is 0.278 e. The number of aromatic nitrogens is 5. The van der Waals surface area contributed by atoms with E-state index in [9.17, 15) is 9.59 Å². The first-order chi connectivity index (χ1) is 23.4. The van der Waals surface area contributed by atoms with E-state index in [1.165, 1.54) is 11.8 Å². The number of carbonyl (C=O) groups excluding carboxylic acids is 2. The van der Waals surface area contributed by atoms with Gasteiger partial charge in [0.05, 0.1) is 11.9 Å². The van der Waals surface area contributed by atoms with Crippen molar-refractivity contribution < 1.29 is 19.2 Å². The summed E-state index contributed by atoms with van der Waals surface area (Å²) in [5.41, 5.74) is 9.77. The Hall–Kier alpha value is -5.19. The average Bonchev–Trinajstić information content (AvgIpc) is 3.78. The Bertz CT molecular complexity index is 2030. The molecule has 242 valence electrons. The molecule has 2 aromatic carbocycles. The Morgan fingerprint density at radius 2 is 1.83 bits per heavy atom. The topological polar surface area (TPSA) is 162 Å². The molecule has 0 radical (unpaired) electrons. The highest BCUT2D eigenvalue weighted by Gasteiger charge is 2.54. The summed E-state index contributed by atoms with van der Waals surface area (Å²) >= 11 is 8.42. The highest BCUT2D eigenvalue weighted by atomic mass is 32.2. The summed E-state index contributed by atoms with van der Waals surface area (Å²) < 4.78 is 12.4. The lowest BCUT2D eigenvalue weighted by Gasteiger charge is -2.50. The maximum Gasteiger partial charge on any atom is 0.278 e. The van der Waals surface area contributed by atoms with Gasteiger partial charge in [-0.25, -0.2) is 9.50 Å². The number of carbonyl (C=O) groups is 2. The van der Waals surface area contributed by atoms with E-state index in [0.717, 1.165) is 28.2 Å². The summed E-state index contributed by atoms with van der Waals surface area (Å²) in [7, 11) is 0. The average molecular weight is 698 g/mol. The summed E-state index contributed by atoms with van der Waals surface area (Å²) in [5.74, 6) is -0.601. The standard InChI is InChI=1S/C32H27N9O4S3/c1-2-44-38-23(27-37-32(33)48-39-27)28(42)36-24-29(43)41-25(20(17-47-30(24)41)21-14-16-40-22(35-21)13-15-34-40)31(46)45-26(18-9-5-3-6-10-18)19-11-7-4-8-12-19/h3-16,24,26,30H,2,17H2,1H3,(H,36,42)(H2,33,37,39)/t24-,30-/m1/s1. The predicted octanol–water partition coefficient (Wildman–Crippen LogP) is 3.85. The van der Waals surface area contributed by atoms with Crippen LogP contribution in [0.1, 0.15) is 35.7 Å². The van der Waals surface area contributed by atoms with E-state index in [4.69, 9.17) is 32.5 Å². The zero-order valence-corrected chi connectivity index (χ0v) is 27.7. The molecule has 3 aromatic heterocycles. The lowest BCUT2D eigenvalue weighted by molar-refractivity contribution is -0.144. The van der Waals surface area contributed by atoms with E-state index in [0.29, 0.717) is 22.8 Å². The highest BCUT2D eigenvalue weighted by molar-refractivity contribution is 8.00. The maximum absolute atomic E-state index is 14.0. The van der Waals surface area contributed by atoms with Crippen LogP contribution in [0.5, 0.6) is 0 Å². The van der Waals surface area contributed by atoms with Crippen LogP contribution >= 0.6 is 35.5 Å². The molecular formula is C32H27N9O4S3. The van der Waals surface area contributed by atoms with Crippen molar-refractivity contribution in [2.75, 3.05) is 18.1 Å². The number of nitrogens with zero attached hydrogens (tertiary/aromatic N) is 7. The van der Waals surface area contributed by atoms with Gasteiger partial charge in [0, 0.05) is 35.1 Å². The number of thioether (sulfide) groups is 1. The Morgan fingerprint density at radius 1 is 1.10 bits per heavy atom. The number of benzene rings is 2. The number of hydrogen-bond donors (Lipinski definition) is 2. The van der Waals surface area contributed by atoms with Crippen molar-refractivity contribution in [1.82, 2.24) is 34.2 Å². The number of hydrogen-bond acceptors (Lipinski definition) is 13. The molecule has 2 atom stereocenters. The first-order valence-corrected chi connectivity index (χ1v) is 17.1. The summed E-state index contributed by atoms with van der Waals surface area (Å²) in [6.07, 6.45) is 2.92. The second kappa shape index (κ2) is 13.5. The minimum atomic E-state index is -0.894. The number of fused-ring (bicyclic) bond motifs is 2. The zero-order valence-electron chi connectivity index (χ0n) is 25.3. The molecule has 48 heavy (non-hydrogen) atoms. The van der Waals surface area contributed by atoms with Gasteiger partial charge in [-0.05, 0) is 36.3 Å². The molecule has 0 bridgehead atoms. The lowest BCUT2D eigenvalue weighted by Crippen LogP contribution is -2.71. The van der Waals surface area contributed by atoms with Gasteiger partial charge in [0.2, 0.25) is 16.6 Å². The van der Waals surface area contributed by atoms with Gasteiger partial charge in [0.1, 0.15) is 29.8 Å². The Balaban J connectivity index is 1.23. The first-order valence-electron chi connectivity index (χ1n) is 14.8. The number of nitrogens with two attached hydrogens (primary N) is 1. The van der Waals surface area contributed by atoms with Crippen LogP contribution in [0.25, 0.3) is 11.2 Å². The van der Waals surface area contributed by atoms with E-state index in [2.05, 4.69) is 24.9 Å². The molecule has 7 rings (SSSR count). The molecule has 5 aromatic rings. The van der Waals surface area contributed by atoms with Crippen molar-refractivity contribution in [3.05, 3.63) is 114 Å². The molecule has 1 fully saturated rings. The molecule has 1 saturated heterocycles. The van der Waals surface area contributed by atoms with E-state index >= 15 is 0 Å². The Kier molecular flexibility index (Phi) is 8.84. The minimum Gasteiger partial charge on any atom is -0.469 e. The molecule has 13 nitrogen and oxygen atoms in total. The van der Waals surface area contributed by atoms with Gasteiger partial charge in [-0.3, -0.25) is 14.5 Å². The summed E-state index contributed by atoms with van der Waals surface area (Å²) in [6.45, 7) is 1.94. The zero-order chi connectivity index (χ0) is 33.2. The van der Waals surface area contributed by atoms with Crippen molar-refractivity contribution in [2.24, 2.45) is 5.16 Å². The van der Waals surface area contributed by atoms with Gasteiger partial charge in [-0.1, -0.05) is 65.8 Å². The van der Waals surface area contributed by atoms with Crippen LogP contribution in [0.4, 0.5) is 5.13 Å². The SMILES string of the molecule is CCON=C(C(=O)N[C@@H]1C(=O)N2C(C(=S)OC(c3ccccc3)c3ccccc3)=C(c3ccn4nccc4n3)CS[C@H]12)c1nsc(N)n1. The van der Waals surface area contributed by atoms with Gasteiger partial charge >= 0.3 is 0 Å². The number of thiocarbonyl (C=S) groups is 1. The summed E-state index contributed by atoms with van der Waals surface area (Å²) in [5, 5.41) is 10.8. The minimum absolute atomic E-state index is 0.00929. The molecule has 3 N–H and O–H groups in total. The third kappa shape index (κ3) is 6.00. The van der Waals surface area contributed by atoms with Crippen molar-refractivity contribution in [3.63, 3.8) is 0 Å². The first kappa shape index (κ1) is 31.4. The summed E-state index contributed by atoms with van der Waals surface area (Å²) in [6, 6.07) is 22.2. The van der Waals surface area contributed by atoms with Gasteiger partial charge < -0.3 is 20.6 Å². The third-order valence-corrected chi connectivity index (χ3v) is 9.71. The third-order valence-electron chi connectivity index (χ3n) is 7.60. The van der Waals surface area contributed by atoms with E-state index in [-0.39, 0.29) is 34.2 Å². The monoisotopic (exact) mass is 697 g/mol. The number of nitrogens with one attached hydrogen (secondary N) is 1. The molecule has 2 amide bonds. The molecule has 0 unspecified atom stereocenters. The number of ether oxygens (including phenoxy) is 1. The quantitative estimate of drug-likeness (QED) is 0.0944. The normalized spacial score (nSPS) is 17.7. The van der Waals surface area contributed by atoms with Crippen molar-refractivity contribution in [3.8, 4) is 0 Å². The number of rotatable bonds is 10. The molecule has 0 aliphatic carbocycles. The fourth-order valence-electron chi connectivity index (χ4n) is 5.39. The second-order valence-corrected chi connectivity index (χ2v) is 12.8. The van der Waals surface area contributed by atoms with Crippen LogP contribution < -0.4 is 11.1 Å². The van der Waals surface area contributed by atoms with Crippen LogP contribution in [-0.4, -0.2) is 75.2 Å². The fourth-order valence-corrected chi connectivity index (χ4v) is 7.50. The summed E-state index contributed by atoms with van der Waals surface area (Å²) in [4.78, 5) is 43.0. The van der Waals surface area contributed by atoms with Crippen LogP contribution in [0.2, 0.25) is 0 Å². The van der Waals surface area contributed by atoms with Crippen LogP contribution in [0.3, 0.4) is 0 Å². The number of β-lactam (4-membered cyclic amide) rings is 1. The van der Waals surface area contributed by atoms with Gasteiger partial charge in [-0.2, -0.15) is 14.5 Å². The van der Waals surface area contributed by atoms with Crippen molar-refractivity contribution in [1.29, 1.82) is 0 Å². The number of nitrogen functional groups attached to an aromatic ring is 1. The van der Waals surface area contributed by atoms with Crippen LogP contribution in [0.15, 0.2) is 96.0 Å². The van der Waals surface area contributed by atoms with Crippen LogP contribution in [0, 0.1) is 0 Å². The maximum atomic E-state index is 14.0. The molecule has 0 saturated carbocycles. The second-order valence-electron chi connectivity index (χ2n) is 10.6. The van der Waals surface area contributed by atoms with Gasteiger partial charge in [-0.15, -0.1) is 11.8 Å². The van der Waals surface area contributed by atoms with E-state index in [1.54, 1.807) is 34.8 Å². The number of anilines is 1. The van der Waals surface area contributed by atoms with E-state index in [1.807, 2.05) is 66.7 Å². The van der Waals surface area contributed by atoms with Crippen LogP contribution in [-0.2, 0) is 19.2 Å². The lowest BCUT2D eigenvalue weighted by atomic mass is 10.00. The van der Waals surface area contributed by atoms with E-state index < -0.39 is 23.4 Å². The van der Waals surface area contributed by atoms with Crippen molar-refractivity contribution >= 4 is 74.4 Å². The molecule has 16 heteroatoms. The molecular weight excluding hydrogens is 671 g/mol. The van der Waals surface area contributed by atoms with Gasteiger partial charge in [0.25, 0.3) is 11.8 Å². The number of amides is 2. The Morgan fingerprint density at radius 3 is 2.50 bits per heavy atom. The molecule has 2 aliphatic rings. The number of oxime groups is 1. The van der Waals surface area contributed by atoms with Gasteiger partial charge in [0.15, 0.2) is 10.8 Å². The largest absolute Gasteiger partial charge is 0.469 e. The molecule has 5 heterocycles. The van der Waals surface area contributed by atoms with Crippen molar-refractivity contribution in [2.45, 2.75) is 24.4 Å². The fraction of sp³-hybridized carbons (Fsp3) is 0.188.